The molecule has 5 rings (SSSR count). The fourth-order valence-electron chi connectivity index (χ4n) is 4.57. The molecule has 3 N–H and O–H groups in total. The number of aliphatic carboxylic acids is 2. The number of hydrogen-bond donors (Lipinski definition) is 3. The van der Waals surface area contributed by atoms with Gasteiger partial charge in [-0.15, -0.1) is 0 Å². The fourth-order valence-corrected chi connectivity index (χ4v) is 4.57. The molecule has 1 aromatic heterocycles. The molecule has 2 aromatic carbocycles. The van der Waals surface area contributed by atoms with Crippen LogP contribution in [0.1, 0.15) is 11.1 Å². The Labute approximate surface area is 208 Å². The Hall–Kier alpha value is -3.76. The molecule has 1 saturated heterocycles. The van der Waals surface area contributed by atoms with Crippen LogP contribution in [0.5, 0.6) is 0 Å². The predicted octanol–water partition coefficient (Wildman–Crippen LogP) is 2.59. The summed E-state index contributed by atoms with van der Waals surface area (Å²) in [6.45, 7) is 8.47. The summed E-state index contributed by atoms with van der Waals surface area (Å²) in [6.07, 6.45) is 2.28. The van der Waals surface area contributed by atoms with Crippen LogP contribution < -0.4 is 4.90 Å². The van der Waals surface area contributed by atoms with Crippen molar-refractivity contribution in [1.29, 1.82) is 0 Å². The second-order valence-corrected chi connectivity index (χ2v) is 8.87. The zero-order chi connectivity index (χ0) is 25.5. The molecule has 0 saturated carbocycles. The average molecular weight is 496 g/mol. The van der Waals surface area contributed by atoms with E-state index in [0.717, 1.165) is 75.5 Å². The maximum Gasteiger partial charge on any atom is 0.328 e. The maximum absolute atomic E-state index is 13.4. The van der Waals surface area contributed by atoms with Crippen molar-refractivity contribution in [2.75, 3.05) is 50.7 Å². The Balaban J connectivity index is 0.000000331. The summed E-state index contributed by atoms with van der Waals surface area (Å²) in [5.74, 6) is -1.80. The van der Waals surface area contributed by atoms with E-state index in [2.05, 4.69) is 49.2 Å². The summed E-state index contributed by atoms with van der Waals surface area (Å²) >= 11 is 0. The molecule has 2 aliphatic rings. The van der Waals surface area contributed by atoms with Gasteiger partial charge in [-0.1, -0.05) is 24.3 Å². The number of aromatic amines is 1. The summed E-state index contributed by atoms with van der Waals surface area (Å²) in [4.78, 5) is 26.5. The van der Waals surface area contributed by atoms with Crippen LogP contribution in [0.2, 0.25) is 0 Å². The first-order valence-electron chi connectivity index (χ1n) is 11.9. The minimum Gasteiger partial charge on any atom is -0.478 e. The molecule has 0 bridgehead atoms. The number of carbonyl (C=O) groups is 2. The van der Waals surface area contributed by atoms with Gasteiger partial charge in [0.15, 0.2) is 5.82 Å². The quantitative estimate of drug-likeness (QED) is 0.448. The van der Waals surface area contributed by atoms with Gasteiger partial charge in [0.2, 0.25) is 0 Å². The summed E-state index contributed by atoms with van der Waals surface area (Å²) in [6, 6.07) is 13.7. The predicted molar refractivity (Wildman–Crippen MR) is 135 cm³/mol. The first-order chi connectivity index (χ1) is 17.4. The topological polar surface area (TPSA) is 113 Å². The first-order valence-corrected chi connectivity index (χ1v) is 11.9. The van der Waals surface area contributed by atoms with E-state index >= 15 is 0 Å². The lowest BCUT2D eigenvalue weighted by Crippen LogP contribution is -2.49. The molecular formula is C26H30FN5O4. The standard InChI is InChI=1S/C22H26FN5.C4H4O4/c23-19-5-6-20-21(15-19)24-25-22(20)28-13-11-26(12-14-28)9-10-27-8-7-17-3-1-2-4-18(17)16-27;5-3(6)1-2-4(7)8/h1-6,15H,7-14,16H2,(H,24,25);1-2H,(H,5,6)(H,7,8)/b;2-1+. The lowest BCUT2D eigenvalue weighted by molar-refractivity contribution is -0.134. The van der Waals surface area contributed by atoms with Gasteiger partial charge in [-0.2, -0.15) is 5.10 Å². The largest absolute Gasteiger partial charge is 0.478 e. The molecule has 190 valence electrons. The molecule has 0 radical (unpaired) electrons. The smallest absolute Gasteiger partial charge is 0.328 e. The number of carboxylic acid groups (broad SMARTS) is 2. The van der Waals surface area contributed by atoms with Crippen LogP contribution in [0.25, 0.3) is 10.9 Å². The number of carboxylic acids is 2. The van der Waals surface area contributed by atoms with Crippen LogP contribution in [-0.2, 0) is 22.6 Å². The van der Waals surface area contributed by atoms with Crippen molar-refractivity contribution in [3.05, 3.63) is 71.6 Å². The number of nitrogens with one attached hydrogen (secondary N) is 1. The molecule has 10 heteroatoms. The molecule has 0 unspecified atom stereocenters. The molecule has 0 atom stereocenters. The number of rotatable bonds is 6. The highest BCUT2D eigenvalue weighted by atomic mass is 19.1. The molecule has 3 aromatic rings. The number of nitrogens with zero attached hydrogens (tertiary/aromatic N) is 4. The summed E-state index contributed by atoms with van der Waals surface area (Å²) in [5, 5.41) is 24.0. The third kappa shape index (κ3) is 6.67. The summed E-state index contributed by atoms with van der Waals surface area (Å²) < 4.78 is 13.4. The van der Waals surface area contributed by atoms with Gasteiger partial charge in [0, 0.05) is 69.9 Å². The number of anilines is 1. The first kappa shape index (κ1) is 25.3. The second-order valence-electron chi connectivity index (χ2n) is 8.87. The highest BCUT2D eigenvalue weighted by Crippen LogP contribution is 2.25. The van der Waals surface area contributed by atoms with Crippen molar-refractivity contribution in [1.82, 2.24) is 20.0 Å². The lowest BCUT2D eigenvalue weighted by atomic mass is 10.00. The molecule has 1 fully saturated rings. The SMILES string of the molecule is Fc1ccc2c(N3CCN(CCN4CCc5ccccc5C4)CC3)n[nH]c2c1.O=C(O)/C=C/C(=O)O. The van der Waals surface area contributed by atoms with Crippen molar-refractivity contribution in [3.63, 3.8) is 0 Å². The van der Waals surface area contributed by atoms with E-state index in [1.165, 1.54) is 23.3 Å². The number of benzene rings is 2. The van der Waals surface area contributed by atoms with Crippen molar-refractivity contribution >= 4 is 28.7 Å². The summed E-state index contributed by atoms with van der Waals surface area (Å²) in [7, 11) is 0. The molecule has 9 nitrogen and oxygen atoms in total. The van der Waals surface area contributed by atoms with Crippen molar-refractivity contribution < 1.29 is 24.2 Å². The fraction of sp³-hybridized carbons (Fsp3) is 0.346. The highest BCUT2D eigenvalue weighted by Gasteiger charge is 2.22. The Morgan fingerprint density at radius 3 is 2.28 bits per heavy atom. The van der Waals surface area contributed by atoms with Crippen LogP contribution in [0.3, 0.4) is 0 Å². The molecule has 36 heavy (non-hydrogen) atoms. The zero-order valence-electron chi connectivity index (χ0n) is 19.9. The molecule has 0 spiro atoms. The number of hydrogen-bond acceptors (Lipinski definition) is 6. The normalized spacial score (nSPS) is 16.5. The van der Waals surface area contributed by atoms with Crippen molar-refractivity contribution in [2.45, 2.75) is 13.0 Å². The van der Waals surface area contributed by atoms with Gasteiger partial charge in [0.05, 0.1) is 5.52 Å². The lowest BCUT2D eigenvalue weighted by Gasteiger charge is -2.36. The number of piperazine rings is 1. The van der Waals surface area contributed by atoms with Crippen molar-refractivity contribution in [2.24, 2.45) is 0 Å². The van der Waals surface area contributed by atoms with Crippen LogP contribution in [-0.4, -0.2) is 88.0 Å². The van der Waals surface area contributed by atoms with Crippen LogP contribution in [0.4, 0.5) is 10.2 Å². The summed E-state index contributed by atoms with van der Waals surface area (Å²) in [5.41, 5.74) is 3.77. The van der Waals surface area contributed by atoms with Crippen LogP contribution in [0.15, 0.2) is 54.6 Å². The number of fused-ring (bicyclic) bond motifs is 2. The number of aromatic nitrogens is 2. The zero-order valence-corrected chi connectivity index (χ0v) is 19.9. The second kappa shape index (κ2) is 11.8. The van der Waals surface area contributed by atoms with Gasteiger partial charge in [-0.05, 0) is 35.7 Å². The monoisotopic (exact) mass is 495 g/mol. The van der Waals surface area contributed by atoms with E-state index in [1.54, 1.807) is 0 Å². The van der Waals surface area contributed by atoms with E-state index in [4.69, 9.17) is 10.2 Å². The van der Waals surface area contributed by atoms with Gasteiger partial charge >= 0.3 is 11.9 Å². The Morgan fingerprint density at radius 2 is 1.58 bits per heavy atom. The van der Waals surface area contributed by atoms with Gasteiger partial charge in [-0.3, -0.25) is 14.9 Å². The van der Waals surface area contributed by atoms with E-state index in [9.17, 15) is 14.0 Å². The maximum atomic E-state index is 13.4. The van der Waals surface area contributed by atoms with Crippen LogP contribution in [0, 0.1) is 5.82 Å². The minimum atomic E-state index is -1.26. The third-order valence-electron chi connectivity index (χ3n) is 6.49. The molecular weight excluding hydrogens is 465 g/mol. The molecule has 2 aliphatic heterocycles. The third-order valence-corrected chi connectivity index (χ3v) is 6.49. The minimum absolute atomic E-state index is 0.229. The number of halogens is 1. The van der Waals surface area contributed by atoms with Crippen molar-refractivity contribution in [3.8, 4) is 0 Å². The molecule has 0 aliphatic carbocycles. The van der Waals surface area contributed by atoms with Gasteiger partial charge in [0.25, 0.3) is 0 Å². The van der Waals surface area contributed by atoms with Gasteiger partial charge in [-0.25, -0.2) is 14.0 Å². The van der Waals surface area contributed by atoms with E-state index in [1.807, 2.05) is 6.07 Å². The number of H-pyrrole nitrogens is 1. The van der Waals surface area contributed by atoms with Gasteiger partial charge in [0.1, 0.15) is 5.82 Å². The van der Waals surface area contributed by atoms with Crippen LogP contribution >= 0.6 is 0 Å². The Morgan fingerprint density at radius 1 is 0.917 bits per heavy atom. The van der Waals surface area contributed by atoms with E-state index < -0.39 is 11.9 Å². The highest BCUT2D eigenvalue weighted by molar-refractivity contribution is 5.90. The molecule has 3 heterocycles. The van der Waals surface area contributed by atoms with E-state index in [-0.39, 0.29) is 5.82 Å². The molecule has 0 amide bonds. The Bertz CT molecular complexity index is 1220. The Kier molecular flexibility index (Phi) is 8.29. The average Bonchev–Trinajstić information content (AvgIpc) is 3.30. The van der Waals surface area contributed by atoms with E-state index in [0.29, 0.717) is 12.2 Å². The van der Waals surface area contributed by atoms with Gasteiger partial charge < -0.3 is 15.1 Å².